The number of carbonyl (C=O) groups is 2. The molecule has 0 unspecified atom stereocenters. The van der Waals surface area contributed by atoms with Crippen molar-refractivity contribution in [1.29, 1.82) is 0 Å². The predicted molar refractivity (Wildman–Crippen MR) is 143 cm³/mol. The summed E-state index contributed by atoms with van der Waals surface area (Å²) in [7, 11) is -3.17. The van der Waals surface area contributed by atoms with E-state index in [0.29, 0.717) is 21.0 Å². The number of hydrogen-bond acceptors (Lipinski definition) is 4. The highest BCUT2D eigenvalue weighted by atomic mass is 35.5. The number of halogens is 5. The maximum atomic E-state index is 13.7. The van der Waals surface area contributed by atoms with Crippen LogP contribution in [0.15, 0.2) is 77.7 Å². The first-order chi connectivity index (χ1) is 18.3. The summed E-state index contributed by atoms with van der Waals surface area (Å²) in [6.07, 6.45) is -4.89. The van der Waals surface area contributed by atoms with E-state index in [9.17, 15) is 31.2 Å². The fourth-order valence-electron chi connectivity index (χ4n) is 3.74. The van der Waals surface area contributed by atoms with Crippen LogP contribution in [-0.2, 0) is 32.3 Å². The Morgan fingerprint density at radius 2 is 1.56 bits per heavy atom. The quantitative estimate of drug-likeness (QED) is 0.357. The van der Waals surface area contributed by atoms with Crippen LogP contribution in [0.5, 0.6) is 0 Å². The molecule has 0 radical (unpaired) electrons. The molecule has 0 saturated heterocycles. The van der Waals surface area contributed by atoms with Crippen LogP contribution >= 0.6 is 23.2 Å². The number of amides is 2. The molecule has 0 aliphatic carbocycles. The third-order valence-corrected chi connectivity index (χ3v) is 8.35. The van der Waals surface area contributed by atoms with Crippen molar-refractivity contribution in [2.75, 3.05) is 17.9 Å². The van der Waals surface area contributed by atoms with Crippen LogP contribution in [0.3, 0.4) is 0 Å². The Bertz CT molecular complexity index is 1450. The van der Waals surface area contributed by atoms with Crippen LogP contribution in [0.25, 0.3) is 0 Å². The molecule has 13 heteroatoms. The van der Waals surface area contributed by atoms with E-state index in [4.69, 9.17) is 23.2 Å². The zero-order valence-electron chi connectivity index (χ0n) is 20.7. The molecule has 0 aromatic heterocycles. The molecule has 0 spiro atoms. The molecule has 208 valence electrons. The molecule has 0 fully saturated rings. The van der Waals surface area contributed by atoms with E-state index in [-0.39, 0.29) is 11.4 Å². The molecule has 1 atom stereocenters. The SMILES string of the molecule is CNC(=O)[C@H](C)N(Cc1ccccc1Cl)C(=O)CN(c1ccc(Cl)c(C(F)(F)F)c1)S(=O)(=O)c1ccccc1. The van der Waals surface area contributed by atoms with E-state index in [1.807, 2.05) is 0 Å². The summed E-state index contributed by atoms with van der Waals surface area (Å²) in [6.45, 7) is 0.357. The van der Waals surface area contributed by atoms with E-state index in [0.717, 1.165) is 17.0 Å². The normalized spacial score (nSPS) is 12.5. The second kappa shape index (κ2) is 12.3. The summed E-state index contributed by atoms with van der Waals surface area (Å²) in [4.78, 5) is 27.0. The van der Waals surface area contributed by atoms with Gasteiger partial charge in [-0.05, 0) is 48.9 Å². The van der Waals surface area contributed by atoms with Crippen LogP contribution in [0.4, 0.5) is 18.9 Å². The molecule has 0 heterocycles. The maximum Gasteiger partial charge on any atom is 0.417 e. The van der Waals surface area contributed by atoms with Crippen LogP contribution in [0.2, 0.25) is 10.0 Å². The van der Waals surface area contributed by atoms with Gasteiger partial charge in [-0.25, -0.2) is 8.42 Å². The van der Waals surface area contributed by atoms with Gasteiger partial charge >= 0.3 is 6.18 Å². The molecule has 2 amide bonds. The molecule has 0 bridgehead atoms. The van der Waals surface area contributed by atoms with Crippen molar-refractivity contribution in [2.24, 2.45) is 0 Å². The highest BCUT2D eigenvalue weighted by Crippen LogP contribution is 2.38. The van der Waals surface area contributed by atoms with Gasteiger partial charge in [-0.3, -0.25) is 13.9 Å². The second-order valence-electron chi connectivity index (χ2n) is 8.39. The van der Waals surface area contributed by atoms with E-state index in [1.54, 1.807) is 30.3 Å². The van der Waals surface area contributed by atoms with Gasteiger partial charge in [0, 0.05) is 18.6 Å². The van der Waals surface area contributed by atoms with Crippen LogP contribution in [0.1, 0.15) is 18.1 Å². The molecule has 0 aliphatic heterocycles. The van der Waals surface area contributed by atoms with Crippen molar-refractivity contribution in [3.63, 3.8) is 0 Å². The summed E-state index contributed by atoms with van der Waals surface area (Å²) >= 11 is 12.0. The van der Waals surface area contributed by atoms with Crippen LogP contribution in [-0.4, -0.2) is 44.8 Å². The molecule has 3 rings (SSSR count). The summed E-state index contributed by atoms with van der Waals surface area (Å²) < 4.78 is 68.8. The number of nitrogens with one attached hydrogen (secondary N) is 1. The molecule has 3 aromatic carbocycles. The Hall–Kier alpha value is -3.28. The van der Waals surface area contributed by atoms with Gasteiger partial charge in [0.1, 0.15) is 12.6 Å². The smallest absolute Gasteiger partial charge is 0.357 e. The average Bonchev–Trinajstić information content (AvgIpc) is 2.90. The molecule has 39 heavy (non-hydrogen) atoms. The zero-order chi connectivity index (χ0) is 29.0. The van der Waals surface area contributed by atoms with Gasteiger partial charge in [0.15, 0.2) is 0 Å². The Morgan fingerprint density at radius 3 is 2.15 bits per heavy atom. The monoisotopic (exact) mass is 601 g/mol. The number of anilines is 1. The highest BCUT2D eigenvalue weighted by Gasteiger charge is 2.37. The average molecular weight is 602 g/mol. The molecule has 0 saturated carbocycles. The summed E-state index contributed by atoms with van der Waals surface area (Å²) in [5.74, 6) is -1.40. The zero-order valence-corrected chi connectivity index (χ0v) is 23.1. The highest BCUT2D eigenvalue weighted by molar-refractivity contribution is 7.92. The van der Waals surface area contributed by atoms with Crippen molar-refractivity contribution in [2.45, 2.75) is 30.6 Å². The minimum atomic E-state index is -4.89. The number of carbonyl (C=O) groups excluding carboxylic acids is 2. The van der Waals surface area contributed by atoms with Crippen molar-refractivity contribution >= 4 is 50.7 Å². The van der Waals surface area contributed by atoms with Gasteiger partial charge in [-0.2, -0.15) is 13.2 Å². The van der Waals surface area contributed by atoms with E-state index >= 15 is 0 Å². The van der Waals surface area contributed by atoms with Crippen LogP contribution in [0, 0.1) is 0 Å². The molecular formula is C26H24Cl2F3N3O4S. The molecule has 1 N–H and O–H groups in total. The van der Waals surface area contributed by atoms with E-state index in [1.165, 1.54) is 38.2 Å². The molecule has 0 aliphatic rings. The summed E-state index contributed by atoms with van der Waals surface area (Å²) in [5.41, 5.74) is -1.23. The fourth-order valence-corrected chi connectivity index (χ4v) is 5.58. The Labute approximate surface area is 234 Å². The molecular weight excluding hydrogens is 578 g/mol. The Kier molecular flexibility index (Phi) is 9.52. The number of hydrogen-bond donors (Lipinski definition) is 1. The maximum absolute atomic E-state index is 13.7. The topological polar surface area (TPSA) is 86.8 Å². The first kappa shape index (κ1) is 30.3. The van der Waals surface area contributed by atoms with Gasteiger partial charge in [0.05, 0.1) is 21.2 Å². The lowest BCUT2D eigenvalue weighted by Gasteiger charge is -2.32. The second-order valence-corrected chi connectivity index (χ2v) is 11.1. The van der Waals surface area contributed by atoms with Gasteiger partial charge in [-0.1, -0.05) is 59.6 Å². The lowest BCUT2D eigenvalue weighted by Crippen LogP contribution is -2.50. The third kappa shape index (κ3) is 7.03. The first-order valence-electron chi connectivity index (χ1n) is 11.5. The van der Waals surface area contributed by atoms with Gasteiger partial charge in [0.25, 0.3) is 10.0 Å². The third-order valence-electron chi connectivity index (χ3n) is 5.87. The van der Waals surface area contributed by atoms with Crippen molar-refractivity contribution in [3.8, 4) is 0 Å². The van der Waals surface area contributed by atoms with Gasteiger partial charge < -0.3 is 10.2 Å². The first-order valence-corrected chi connectivity index (χ1v) is 13.7. The largest absolute Gasteiger partial charge is 0.417 e. The number of rotatable bonds is 9. The Morgan fingerprint density at radius 1 is 0.949 bits per heavy atom. The number of alkyl halides is 3. The number of sulfonamides is 1. The van der Waals surface area contributed by atoms with E-state index in [2.05, 4.69) is 5.32 Å². The predicted octanol–water partition coefficient (Wildman–Crippen LogP) is 5.37. The van der Waals surface area contributed by atoms with Gasteiger partial charge in [-0.15, -0.1) is 0 Å². The fraction of sp³-hybridized carbons (Fsp3) is 0.231. The number of likely N-dealkylation sites (N-methyl/N-ethyl adjacent to an activating group) is 1. The van der Waals surface area contributed by atoms with Crippen molar-refractivity contribution in [1.82, 2.24) is 10.2 Å². The molecule has 3 aromatic rings. The number of benzene rings is 3. The lowest BCUT2D eigenvalue weighted by molar-refractivity contribution is -0.139. The van der Waals surface area contributed by atoms with E-state index < -0.39 is 56.9 Å². The van der Waals surface area contributed by atoms with Gasteiger partial charge in [0.2, 0.25) is 11.8 Å². The standard InChI is InChI=1S/C26H24Cl2F3N3O4S/c1-17(25(36)32-2)33(15-18-8-6-7-11-22(18)27)24(35)16-34(39(37,38)20-9-4-3-5-10-20)19-12-13-23(28)21(14-19)26(29,30)31/h3-14,17H,15-16H2,1-2H3,(H,32,36)/t17-/m0/s1. The van der Waals surface area contributed by atoms with Crippen molar-refractivity contribution in [3.05, 3.63) is 94.0 Å². The summed E-state index contributed by atoms with van der Waals surface area (Å²) in [5, 5.41) is 2.10. The Balaban J connectivity index is 2.12. The lowest BCUT2D eigenvalue weighted by atomic mass is 10.1. The minimum Gasteiger partial charge on any atom is -0.357 e. The molecule has 7 nitrogen and oxygen atoms in total. The number of nitrogens with zero attached hydrogens (tertiary/aromatic N) is 2. The van der Waals surface area contributed by atoms with Crippen LogP contribution < -0.4 is 9.62 Å². The van der Waals surface area contributed by atoms with Crippen molar-refractivity contribution < 1.29 is 31.2 Å². The summed E-state index contributed by atoms with van der Waals surface area (Å²) in [6, 6.07) is 15.0. The minimum absolute atomic E-state index is 0.166.